The number of ether oxygens (including phenoxy) is 2. The molecule has 0 radical (unpaired) electrons. The molecule has 5 heteroatoms. The monoisotopic (exact) mass is 289 g/mol. The third-order valence-electron chi connectivity index (χ3n) is 2.81. The lowest BCUT2D eigenvalue weighted by molar-refractivity contribution is -0.123. The molecule has 0 fully saturated rings. The van der Waals surface area contributed by atoms with Crippen LogP contribution in [0.1, 0.15) is 5.56 Å². The van der Waals surface area contributed by atoms with Crippen molar-refractivity contribution < 1.29 is 18.7 Å². The van der Waals surface area contributed by atoms with Crippen molar-refractivity contribution >= 4 is 5.91 Å². The standard InChI is InChI=1S/C16H16FNO3/c1-20-14-7-5-12(6-8-14)10-18-16(19)11-21-15-4-2-3-13(17)9-15/h2-9H,10-11H2,1H3,(H,18,19). The lowest BCUT2D eigenvalue weighted by Gasteiger charge is -2.08. The number of hydrogen-bond donors (Lipinski definition) is 1. The highest BCUT2D eigenvalue weighted by Crippen LogP contribution is 2.12. The van der Waals surface area contributed by atoms with Crippen molar-refractivity contribution in [3.05, 3.63) is 59.9 Å². The van der Waals surface area contributed by atoms with Gasteiger partial charge in [0.25, 0.3) is 5.91 Å². The van der Waals surface area contributed by atoms with Crippen LogP contribution in [0.3, 0.4) is 0 Å². The summed E-state index contributed by atoms with van der Waals surface area (Å²) in [5, 5.41) is 2.72. The van der Waals surface area contributed by atoms with Gasteiger partial charge in [-0.25, -0.2) is 4.39 Å². The van der Waals surface area contributed by atoms with E-state index in [4.69, 9.17) is 9.47 Å². The normalized spacial score (nSPS) is 10.0. The van der Waals surface area contributed by atoms with Crippen molar-refractivity contribution in [1.82, 2.24) is 5.32 Å². The minimum absolute atomic E-state index is 0.153. The van der Waals surface area contributed by atoms with E-state index in [-0.39, 0.29) is 12.5 Å². The fourth-order valence-electron chi connectivity index (χ4n) is 1.70. The number of halogens is 1. The van der Waals surface area contributed by atoms with E-state index in [1.807, 2.05) is 24.3 Å². The quantitative estimate of drug-likeness (QED) is 0.889. The van der Waals surface area contributed by atoms with Crippen LogP contribution in [0.4, 0.5) is 4.39 Å². The van der Waals surface area contributed by atoms with Crippen LogP contribution in [-0.2, 0) is 11.3 Å². The second-order valence-corrected chi connectivity index (χ2v) is 4.37. The number of benzene rings is 2. The summed E-state index contributed by atoms with van der Waals surface area (Å²) in [4.78, 5) is 11.6. The highest BCUT2D eigenvalue weighted by atomic mass is 19.1. The molecule has 4 nitrogen and oxygen atoms in total. The summed E-state index contributed by atoms with van der Waals surface area (Å²) in [6.45, 7) is 0.245. The Morgan fingerprint density at radius 2 is 1.90 bits per heavy atom. The predicted octanol–water partition coefficient (Wildman–Crippen LogP) is 2.53. The van der Waals surface area contributed by atoms with Crippen molar-refractivity contribution in [3.63, 3.8) is 0 Å². The Morgan fingerprint density at radius 3 is 2.57 bits per heavy atom. The minimum Gasteiger partial charge on any atom is -0.497 e. The SMILES string of the molecule is COc1ccc(CNC(=O)COc2cccc(F)c2)cc1. The molecule has 2 aromatic rings. The topological polar surface area (TPSA) is 47.6 Å². The van der Waals surface area contributed by atoms with Gasteiger partial charge in [-0.2, -0.15) is 0 Å². The molecular formula is C16H16FNO3. The van der Waals surface area contributed by atoms with E-state index >= 15 is 0 Å². The molecule has 2 rings (SSSR count). The smallest absolute Gasteiger partial charge is 0.258 e. The fourth-order valence-corrected chi connectivity index (χ4v) is 1.70. The van der Waals surface area contributed by atoms with Gasteiger partial charge >= 0.3 is 0 Å². The fraction of sp³-hybridized carbons (Fsp3) is 0.188. The Hall–Kier alpha value is -2.56. The Balaban J connectivity index is 1.76. The number of carbonyl (C=O) groups excluding carboxylic acids is 1. The van der Waals surface area contributed by atoms with Crippen molar-refractivity contribution in [3.8, 4) is 11.5 Å². The van der Waals surface area contributed by atoms with E-state index < -0.39 is 5.82 Å². The lowest BCUT2D eigenvalue weighted by atomic mass is 10.2. The number of methoxy groups -OCH3 is 1. The molecule has 1 amide bonds. The van der Waals surface area contributed by atoms with E-state index in [2.05, 4.69) is 5.32 Å². The molecule has 1 N–H and O–H groups in total. The second kappa shape index (κ2) is 7.28. The van der Waals surface area contributed by atoms with Gasteiger partial charge in [-0.3, -0.25) is 4.79 Å². The van der Waals surface area contributed by atoms with Gasteiger partial charge in [0.1, 0.15) is 17.3 Å². The van der Waals surface area contributed by atoms with Gasteiger partial charge in [-0.1, -0.05) is 18.2 Å². The first-order valence-corrected chi connectivity index (χ1v) is 6.45. The summed E-state index contributed by atoms with van der Waals surface area (Å²) in [7, 11) is 1.60. The zero-order chi connectivity index (χ0) is 15.1. The first-order chi connectivity index (χ1) is 10.2. The van der Waals surface area contributed by atoms with Gasteiger partial charge in [0.15, 0.2) is 6.61 Å². The average molecular weight is 289 g/mol. The van der Waals surface area contributed by atoms with Crippen molar-refractivity contribution in [2.45, 2.75) is 6.54 Å². The first kappa shape index (κ1) is 14.8. The summed E-state index contributed by atoms with van der Waals surface area (Å²) in [6, 6.07) is 13.1. The molecule has 0 atom stereocenters. The summed E-state index contributed by atoms with van der Waals surface area (Å²) >= 11 is 0. The third kappa shape index (κ3) is 4.80. The molecule has 0 saturated heterocycles. The van der Waals surface area contributed by atoms with Gasteiger partial charge in [0, 0.05) is 12.6 Å². The first-order valence-electron chi connectivity index (χ1n) is 6.45. The molecule has 0 aliphatic heterocycles. The Bertz CT molecular complexity index is 599. The molecule has 110 valence electrons. The van der Waals surface area contributed by atoms with E-state index in [1.54, 1.807) is 13.2 Å². The van der Waals surface area contributed by atoms with E-state index in [0.29, 0.717) is 12.3 Å². The largest absolute Gasteiger partial charge is 0.497 e. The number of amides is 1. The molecular weight excluding hydrogens is 273 g/mol. The van der Waals surface area contributed by atoms with Gasteiger partial charge in [-0.05, 0) is 29.8 Å². The highest BCUT2D eigenvalue weighted by Gasteiger charge is 2.03. The zero-order valence-corrected chi connectivity index (χ0v) is 11.6. The maximum absolute atomic E-state index is 12.9. The van der Waals surface area contributed by atoms with Crippen LogP contribution in [0, 0.1) is 5.82 Å². The number of rotatable bonds is 6. The van der Waals surface area contributed by atoms with Crippen LogP contribution in [0.2, 0.25) is 0 Å². The maximum Gasteiger partial charge on any atom is 0.258 e. The molecule has 0 aliphatic carbocycles. The van der Waals surface area contributed by atoms with Gasteiger partial charge in [-0.15, -0.1) is 0 Å². The van der Waals surface area contributed by atoms with Crippen LogP contribution in [0.25, 0.3) is 0 Å². The van der Waals surface area contributed by atoms with Crippen LogP contribution in [0.5, 0.6) is 11.5 Å². The molecule has 21 heavy (non-hydrogen) atoms. The lowest BCUT2D eigenvalue weighted by Crippen LogP contribution is -2.28. The maximum atomic E-state index is 12.9. The molecule has 0 unspecified atom stereocenters. The minimum atomic E-state index is -0.397. The molecule has 0 aromatic heterocycles. The Morgan fingerprint density at radius 1 is 1.14 bits per heavy atom. The van der Waals surface area contributed by atoms with Crippen molar-refractivity contribution in [2.24, 2.45) is 0 Å². The summed E-state index contributed by atoms with van der Waals surface area (Å²) in [6.07, 6.45) is 0. The summed E-state index contributed by atoms with van der Waals surface area (Å²) < 4.78 is 23.2. The molecule has 0 saturated carbocycles. The van der Waals surface area contributed by atoms with Gasteiger partial charge < -0.3 is 14.8 Å². The second-order valence-electron chi connectivity index (χ2n) is 4.37. The van der Waals surface area contributed by atoms with Crippen LogP contribution < -0.4 is 14.8 Å². The average Bonchev–Trinajstić information content (AvgIpc) is 2.51. The van der Waals surface area contributed by atoms with Crippen LogP contribution >= 0.6 is 0 Å². The number of nitrogens with one attached hydrogen (secondary N) is 1. The molecule has 0 spiro atoms. The van der Waals surface area contributed by atoms with Gasteiger partial charge in [0.05, 0.1) is 7.11 Å². The molecule has 2 aromatic carbocycles. The van der Waals surface area contributed by atoms with Crippen molar-refractivity contribution in [1.29, 1.82) is 0 Å². The van der Waals surface area contributed by atoms with Crippen LogP contribution in [-0.4, -0.2) is 19.6 Å². The molecule has 0 heterocycles. The Kier molecular flexibility index (Phi) is 5.15. The summed E-state index contributed by atoms with van der Waals surface area (Å²) in [5.41, 5.74) is 0.954. The number of hydrogen-bond acceptors (Lipinski definition) is 3. The molecule has 0 aliphatic rings. The zero-order valence-electron chi connectivity index (χ0n) is 11.6. The third-order valence-corrected chi connectivity index (χ3v) is 2.81. The highest BCUT2D eigenvalue weighted by molar-refractivity contribution is 5.77. The predicted molar refractivity (Wildman–Crippen MR) is 76.7 cm³/mol. The molecule has 0 bridgehead atoms. The van der Waals surface area contributed by atoms with E-state index in [0.717, 1.165) is 11.3 Å². The van der Waals surface area contributed by atoms with Gasteiger partial charge in [0.2, 0.25) is 0 Å². The van der Waals surface area contributed by atoms with Crippen molar-refractivity contribution in [2.75, 3.05) is 13.7 Å². The summed E-state index contributed by atoms with van der Waals surface area (Å²) in [5.74, 6) is 0.426. The number of carbonyl (C=O) groups is 1. The Labute approximate surface area is 122 Å². The van der Waals surface area contributed by atoms with Crippen LogP contribution in [0.15, 0.2) is 48.5 Å². The van der Waals surface area contributed by atoms with E-state index in [9.17, 15) is 9.18 Å². The van der Waals surface area contributed by atoms with E-state index in [1.165, 1.54) is 18.2 Å².